The first kappa shape index (κ1) is 19.5. The molecule has 0 unspecified atom stereocenters. The van der Waals surface area contributed by atoms with Gasteiger partial charge in [-0.3, -0.25) is 4.90 Å². The standard InChI is InChI=1S/C24H30N4O/c29-24(28-20-18-26(19-21-28)23-11-5-2-6-12-23)27-16-14-25(15-17-27)13-7-10-22-8-3-1-4-9-22/h1-12H,13-21H2/b10-7+. The Morgan fingerprint density at radius 1 is 0.724 bits per heavy atom. The van der Waals surface area contributed by atoms with Crippen LogP contribution in [0.1, 0.15) is 5.56 Å². The molecular formula is C24H30N4O. The van der Waals surface area contributed by atoms with E-state index in [4.69, 9.17) is 0 Å². The molecule has 0 atom stereocenters. The number of para-hydroxylation sites is 1. The number of carbonyl (C=O) groups excluding carboxylic acids is 1. The van der Waals surface area contributed by atoms with Gasteiger partial charge in [0, 0.05) is 64.6 Å². The van der Waals surface area contributed by atoms with Crippen molar-refractivity contribution < 1.29 is 4.79 Å². The number of piperazine rings is 2. The highest BCUT2D eigenvalue weighted by molar-refractivity contribution is 5.75. The van der Waals surface area contributed by atoms with E-state index in [2.05, 4.69) is 70.5 Å². The number of anilines is 1. The van der Waals surface area contributed by atoms with E-state index >= 15 is 0 Å². The van der Waals surface area contributed by atoms with Gasteiger partial charge in [-0.2, -0.15) is 0 Å². The summed E-state index contributed by atoms with van der Waals surface area (Å²) in [5, 5.41) is 0. The Morgan fingerprint density at radius 2 is 1.28 bits per heavy atom. The van der Waals surface area contributed by atoms with Crippen molar-refractivity contribution in [3.63, 3.8) is 0 Å². The van der Waals surface area contributed by atoms with E-state index in [-0.39, 0.29) is 6.03 Å². The highest BCUT2D eigenvalue weighted by Gasteiger charge is 2.27. The van der Waals surface area contributed by atoms with Crippen molar-refractivity contribution in [2.24, 2.45) is 0 Å². The van der Waals surface area contributed by atoms with E-state index in [1.807, 2.05) is 21.9 Å². The molecule has 5 nitrogen and oxygen atoms in total. The van der Waals surface area contributed by atoms with E-state index in [0.29, 0.717) is 0 Å². The largest absolute Gasteiger partial charge is 0.368 e. The molecular weight excluding hydrogens is 360 g/mol. The second-order valence-electron chi connectivity index (χ2n) is 7.69. The molecule has 2 heterocycles. The van der Waals surface area contributed by atoms with E-state index in [0.717, 1.165) is 58.9 Å². The predicted molar refractivity (Wildman–Crippen MR) is 119 cm³/mol. The second-order valence-corrected chi connectivity index (χ2v) is 7.69. The van der Waals surface area contributed by atoms with Crippen molar-refractivity contribution in [1.29, 1.82) is 0 Å². The smallest absolute Gasteiger partial charge is 0.320 e. The van der Waals surface area contributed by atoms with Gasteiger partial charge in [-0.25, -0.2) is 4.79 Å². The lowest BCUT2D eigenvalue weighted by Crippen LogP contribution is -2.56. The molecule has 0 spiro atoms. The zero-order chi connectivity index (χ0) is 19.9. The highest BCUT2D eigenvalue weighted by atomic mass is 16.2. The van der Waals surface area contributed by atoms with Gasteiger partial charge < -0.3 is 14.7 Å². The van der Waals surface area contributed by atoms with Crippen molar-refractivity contribution >= 4 is 17.8 Å². The van der Waals surface area contributed by atoms with Crippen LogP contribution in [0.3, 0.4) is 0 Å². The lowest BCUT2D eigenvalue weighted by Gasteiger charge is -2.41. The van der Waals surface area contributed by atoms with Gasteiger partial charge in [-0.05, 0) is 17.7 Å². The molecule has 2 aliphatic heterocycles. The van der Waals surface area contributed by atoms with Gasteiger partial charge in [0.05, 0.1) is 0 Å². The molecule has 152 valence electrons. The van der Waals surface area contributed by atoms with Gasteiger partial charge >= 0.3 is 6.03 Å². The lowest BCUT2D eigenvalue weighted by molar-refractivity contribution is 0.115. The van der Waals surface area contributed by atoms with Gasteiger partial charge in [-0.15, -0.1) is 0 Å². The Hall–Kier alpha value is -2.79. The first-order valence-corrected chi connectivity index (χ1v) is 10.6. The second kappa shape index (κ2) is 9.61. The molecule has 2 fully saturated rings. The Balaban J connectivity index is 1.20. The maximum atomic E-state index is 12.9. The third kappa shape index (κ3) is 5.18. The summed E-state index contributed by atoms with van der Waals surface area (Å²) in [5.41, 5.74) is 2.48. The zero-order valence-corrected chi connectivity index (χ0v) is 17.0. The molecule has 0 bridgehead atoms. The van der Waals surface area contributed by atoms with E-state index in [1.54, 1.807) is 0 Å². The van der Waals surface area contributed by atoms with Crippen molar-refractivity contribution in [1.82, 2.24) is 14.7 Å². The molecule has 2 aromatic carbocycles. The molecule has 0 aromatic heterocycles. The molecule has 0 radical (unpaired) electrons. The summed E-state index contributed by atoms with van der Waals surface area (Å²) in [6.07, 6.45) is 4.39. The first-order valence-electron chi connectivity index (χ1n) is 10.6. The third-order valence-electron chi connectivity index (χ3n) is 5.79. The van der Waals surface area contributed by atoms with Crippen LogP contribution in [0.15, 0.2) is 66.7 Å². The summed E-state index contributed by atoms with van der Waals surface area (Å²) in [7, 11) is 0. The van der Waals surface area contributed by atoms with Gasteiger partial charge in [-0.1, -0.05) is 60.7 Å². The van der Waals surface area contributed by atoms with Gasteiger partial charge in [0.1, 0.15) is 0 Å². The van der Waals surface area contributed by atoms with Crippen molar-refractivity contribution in [3.05, 3.63) is 72.3 Å². The maximum absolute atomic E-state index is 12.9. The van der Waals surface area contributed by atoms with Crippen LogP contribution < -0.4 is 4.90 Å². The van der Waals surface area contributed by atoms with Gasteiger partial charge in [0.15, 0.2) is 0 Å². The van der Waals surface area contributed by atoms with Gasteiger partial charge in [0.2, 0.25) is 0 Å². The minimum Gasteiger partial charge on any atom is -0.368 e. The van der Waals surface area contributed by atoms with Crippen LogP contribution >= 0.6 is 0 Å². The Labute approximate surface area is 173 Å². The molecule has 2 aliphatic rings. The average molecular weight is 391 g/mol. The summed E-state index contributed by atoms with van der Waals surface area (Å²) in [6.45, 7) is 7.85. The third-order valence-corrected chi connectivity index (χ3v) is 5.79. The maximum Gasteiger partial charge on any atom is 0.320 e. The summed E-state index contributed by atoms with van der Waals surface area (Å²) in [4.78, 5) is 21.7. The Kier molecular flexibility index (Phi) is 6.47. The molecule has 29 heavy (non-hydrogen) atoms. The molecule has 4 rings (SSSR count). The molecule has 2 amide bonds. The van der Waals surface area contributed by atoms with E-state index in [1.165, 1.54) is 11.3 Å². The topological polar surface area (TPSA) is 30.0 Å². The molecule has 2 saturated heterocycles. The average Bonchev–Trinajstić information content (AvgIpc) is 2.80. The summed E-state index contributed by atoms with van der Waals surface area (Å²) >= 11 is 0. The monoisotopic (exact) mass is 390 g/mol. The van der Waals surface area contributed by atoms with Crippen LogP contribution in [0.4, 0.5) is 10.5 Å². The number of rotatable bonds is 4. The van der Waals surface area contributed by atoms with Crippen LogP contribution in [-0.4, -0.2) is 79.6 Å². The minimum absolute atomic E-state index is 0.206. The number of benzene rings is 2. The number of carbonyl (C=O) groups is 1. The molecule has 2 aromatic rings. The fourth-order valence-corrected chi connectivity index (χ4v) is 4.02. The highest BCUT2D eigenvalue weighted by Crippen LogP contribution is 2.16. The SMILES string of the molecule is O=C(N1CCN(C/C=C/c2ccccc2)CC1)N1CCN(c2ccccc2)CC1. The number of hydrogen-bond donors (Lipinski definition) is 0. The fourth-order valence-electron chi connectivity index (χ4n) is 4.02. The zero-order valence-electron chi connectivity index (χ0n) is 17.0. The minimum atomic E-state index is 0.206. The van der Waals surface area contributed by atoms with Crippen LogP contribution in [0.25, 0.3) is 6.08 Å². The molecule has 0 saturated carbocycles. The van der Waals surface area contributed by atoms with Crippen LogP contribution in [-0.2, 0) is 0 Å². The molecule has 5 heteroatoms. The van der Waals surface area contributed by atoms with Crippen molar-refractivity contribution in [2.75, 3.05) is 63.8 Å². The number of urea groups is 1. The summed E-state index contributed by atoms with van der Waals surface area (Å²) in [6, 6.07) is 21.1. The number of nitrogens with zero attached hydrogens (tertiary/aromatic N) is 4. The van der Waals surface area contributed by atoms with E-state index in [9.17, 15) is 4.79 Å². The normalized spacial score (nSPS) is 18.4. The van der Waals surface area contributed by atoms with Crippen LogP contribution in [0.5, 0.6) is 0 Å². The summed E-state index contributed by atoms with van der Waals surface area (Å²) < 4.78 is 0. The predicted octanol–water partition coefficient (Wildman–Crippen LogP) is 3.26. The van der Waals surface area contributed by atoms with Gasteiger partial charge in [0.25, 0.3) is 0 Å². The lowest BCUT2D eigenvalue weighted by atomic mass is 10.2. The van der Waals surface area contributed by atoms with E-state index < -0.39 is 0 Å². The van der Waals surface area contributed by atoms with Crippen molar-refractivity contribution in [3.8, 4) is 0 Å². The number of hydrogen-bond acceptors (Lipinski definition) is 3. The Morgan fingerprint density at radius 3 is 1.90 bits per heavy atom. The van der Waals surface area contributed by atoms with Crippen LogP contribution in [0.2, 0.25) is 0 Å². The fraction of sp³-hybridized carbons (Fsp3) is 0.375. The molecule has 0 N–H and O–H groups in total. The number of amides is 2. The Bertz CT molecular complexity index is 792. The first-order chi connectivity index (χ1) is 14.3. The quantitative estimate of drug-likeness (QED) is 0.803. The van der Waals surface area contributed by atoms with Crippen molar-refractivity contribution in [2.45, 2.75) is 0 Å². The van der Waals surface area contributed by atoms with Crippen LogP contribution in [0, 0.1) is 0 Å². The molecule has 0 aliphatic carbocycles. The summed E-state index contributed by atoms with van der Waals surface area (Å²) in [5.74, 6) is 0.